The maximum absolute atomic E-state index is 9.92. The molecule has 1 aliphatic heterocycles. The molecule has 1 saturated heterocycles. The standard InChI is InChI=1S/C8H16O.C8H16.C4H9NO/c1-7(2)8(3)4-5-9-6-8;1-4-8(5-6-8)7(2)3;1-3(2)4(5)6/h7H,4-6H2,1-3H3;7H,4-6H2,1-3H3;3H,1-2H3,(H2,5,6). The van der Waals surface area contributed by atoms with Crippen LogP contribution in [0.5, 0.6) is 0 Å². The van der Waals surface area contributed by atoms with Gasteiger partial charge in [0.25, 0.3) is 0 Å². The topological polar surface area (TPSA) is 52.3 Å². The van der Waals surface area contributed by atoms with Gasteiger partial charge in [-0.3, -0.25) is 4.79 Å². The van der Waals surface area contributed by atoms with Crippen LogP contribution in [0.4, 0.5) is 0 Å². The summed E-state index contributed by atoms with van der Waals surface area (Å²) in [6, 6.07) is 0. The van der Waals surface area contributed by atoms with Crippen LogP contribution in [0.25, 0.3) is 0 Å². The van der Waals surface area contributed by atoms with Crippen LogP contribution in [0.2, 0.25) is 0 Å². The third-order valence-corrected chi connectivity index (χ3v) is 6.03. The van der Waals surface area contributed by atoms with Crippen molar-refractivity contribution in [1.82, 2.24) is 0 Å². The first-order chi connectivity index (χ1) is 10.5. The summed E-state index contributed by atoms with van der Waals surface area (Å²) in [5.41, 5.74) is 6.06. The van der Waals surface area contributed by atoms with E-state index < -0.39 is 0 Å². The third kappa shape index (κ3) is 7.69. The highest BCUT2D eigenvalue weighted by Gasteiger charge is 2.42. The van der Waals surface area contributed by atoms with E-state index in [4.69, 9.17) is 10.5 Å². The van der Waals surface area contributed by atoms with Crippen LogP contribution < -0.4 is 5.73 Å². The monoisotopic (exact) mass is 327 g/mol. The first kappa shape index (κ1) is 22.4. The molecule has 1 heterocycles. The van der Waals surface area contributed by atoms with Crippen molar-refractivity contribution < 1.29 is 9.53 Å². The van der Waals surface area contributed by atoms with Crippen molar-refractivity contribution in [3.63, 3.8) is 0 Å². The molecule has 0 aromatic heterocycles. The van der Waals surface area contributed by atoms with Gasteiger partial charge in [0.2, 0.25) is 5.91 Å². The second kappa shape index (κ2) is 9.66. The molecule has 0 radical (unpaired) electrons. The van der Waals surface area contributed by atoms with Crippen molar-refractivity contribution in [3.8, 4) is 0 Å². The summed E-state index contributed by atoms with van der Waals surface area (Å²) >= 11 is 0. The normalized spacial score (nSPS) is 24.8. The predicted octanol–water partition coefficient (Wildman–Crippen LogP) is 5.03. The summed E-state index contributed by atoms with van der Waals surface area (Å²) in [6.45, 7) is 19.3. The lowest BCUT2D eigenvalue weighted by Crippen LogP contribution is -2.22. The van der Waals surface area contributed by atoms with Crippen molar-refractivity contribution in [2.75, 3.05) is 13.2 Å². The van der Waals surface area contributed by atoms with E-state index in [0.717, 1.165) is 30.5 Å². The summed E-state index contributed by atoms with van der Waals surface area (Å²) in [7, 11) is 0. The van der Waals surface area contributed by atoms with Crippen LogP contribution in [0.3, 0.4) is 0 Å². The van der Waals surface area contributed by atoms with Gasteiger partial charge >= 0.3 is 0 Å². The Morgan fingerprint density at radius 3 is 1.61 bits per heavy atom. The molecule has 2 fully saturated rings. The quantitative estimate of drug-likeness (QED) is 0.787. The Morgan fingerprint density at radius 1 is 1.04 bits per heavy atom. The Bertz CT molecular complexity index is 338. The van der Waals surface area contributed by atoms with Gasteiger partial charge in [0.1, 0.15) is 0 Å². The number of carbonyl (C=O) groups is 1. The van der Waals surface area contributed by atoms with E-state index >= 15 is 0 Å². The molecule has 1 unspecified atom stereocenters. The molecule has 2 aliphatic rings. The Hall–Kier alpha value is -0.570. The van der Waals surface area contributed by atoms with Gasteiger partial charge in [-0.2, -0.15) is 0 Å². The van der Waals surface area contributed by atoms with Crippen molar-refractivity contribution in [1.29, 1.82) is 0 Å². The third-order valence-electron chi connectivity index (χ3n) is 6.03. The fourth-order valence-electron chi connectivity index (χ4n) is 2.64. The van der Waals surface area contributed by atoms with Gasteiger partial charge in [-0.15, -0.1) is 0 Å². The molecule has 3 heteroatoms. The molecule has 138 valence electrons. The zero-order valence-electron chi connectivity index (χ0n) is 16.9. The molecule has 0 bridgehead atoms. The van der Waals surface area contributed by atoms with Crippen molar-refractivity contribution in [2.45, 2.75) is 81.1 Å². The van der Waals surface area contributed by atoms with E-state index in [2.05, 4.69) is 41.5 Å². The molecule has 1 atom stereocenters. The van der Waals surface area contributed by atoms with Crippen molar-refractivity contribution in [3.05, 3.63) is 0 Å². The molecular formula is C20H41NO2. The van der Waals surface area contributed by atoms with Gasteiger partial charge in [0.05, 0.1) is 6.61 Å². The Labute approximate surface area is 144 Å². The van der Waals surface area contributed by atoms with E-state index in [1.165, 1.54) is 25.7 Å². The second-order valence-electron chi connectivity index (χ2n) is 8.54. The van der Waals surface area contributed by atoms with E-state index in [-0.39, 0.29) is 11.8 Å². The lowest BCUT2D eigenvalue weighted by Gasteiger charge is -2.25. The number of nitrogens with two attached hydrogens (primary N) is 1. The van der Waals surface area contributed by atoms with E-state index in [0.29, 0.717) is 5.41 Å². The van der Waals surface area contributed by atoms with E-state index in [9.17, 15) is 4.79 Å². The van der Waals surface area contributed by atoms with Gasteiger partial charge < -0.3 is 10.5 Å². The summed E-state index contributed by atoms with van der Waals surface area (Å²) < 4.78 is 5.32. The van der Waals surface area contributed by atoms with Gasteiger partial charge in [-0.05, 0) is 41.9 Å². The highest BCUT2D eigenvalue weighted by molar-refractivity contribution is 5.75. The summed E-state index contributed by atoms with van der Waals surface area (Å²) in [6.07, 6.45) is 5.61. The van der Waals surface area contributed by atoms with Gasteiger partial charge in [0.15, 0.2) is 0 Å². The van der Waals surface area contributed by atoms with Crippen LogP contribution >= 0.6 is 0 Å². The lowest BCUT2D eigenvalue weighted by molar-refractivity contribution is -0.120. The molecule has 1 aliphatic carbocycles. The fraction of sp³-hybridized carbons (Fsp3) is 0.950. The van der Waals surface area contributed by atoms with Gasteiger partial charge in [-0.25, -0.2) is 0 Å². The smallest absolute Gasteiger partial charge is 0.219 e. The molecule has 3 nitrogen and oxygen atoms in total. The maximum atomic E-state index is 9.92. The van der Waals surface area contributed by atoms with E-state index in [1.54, 1.807) is 13.8 Å². The van der Waals surface area contributed by atoms with Crippen molar-refractivity contribution in [2.24, 2.45) is 34.3 Å². The molecule has 0 aromatic rings. The number of hydrogen-bond donors (Lipinski definition) is 1. The van der Waals surface area contributed by atoms with Crippen LogP contribution in [-0.2, 0) is 9.53 Å². The molecule has 2 N–H and O–H groups in total. The molecule has 1 amide bonds. The predicted molar refractivity (Wildman–Crippen MR) is 99.2 cm³/mol. The zero-order valence-corrected chi connectivity index (χ0v) is 16.9. The molecule has 2 rings (SSSR count). The largest absolute Gasteiger partial charge is 0.381 e. The highest BCUT2D eigenvalue weighted by atomic mass is 16.5. The molecular weight excluding hydrogens is 286 g/mol. The maximum Gasteiger partial charge on any atom is 0.219 e. The minimum Gasteiger partial charge on any atom is -0.381 e. The van der Waals surface area contributed by atoms with Crippen molar-refractivity contribution >= 4 is 5.91 Å². The first-order valence-corrected chi connectivity index (χ1v) is 9.38. The van der Waals surface area contributed by atoms with Crippen LogP contribution in [0.1, 0.15) is 81.1 Å². The SMILES string of the molecule is CC(C)C(N)=O.CC(C)C1(C)CCOC1.CCC1(C(C)C)CC1. The van der Waals surface area contributed by atoms with Crippen LogP contribution in [-0.4, -0.2) is 19.1 Å². The average Bonchev–Trinajstić information content (AvgIpc) is 3.15. The zero-order chi connectivity index (χ0) is 18.3. The molecule has 1 saturated carbocycles. The number of amides is 1. The summed E-state index contributed by atoms with van der Waals surface area (Å²) in [5, 5.41) is 0. The lowest BCUT2D eigenvalue weighted by atomic mass is 9.79. The minimum atomic E-state index is -0.241. The Balaban J connectivity index is 0.000000323. The molecule has 23 heavy (non-hydrogen) atoms. The number of carbonyl (C=O) groups excluding carboxylic acids is 1. The Kier molecular flexibility index (Phi) is 9.42. The fourth-order valence-corrected chi connectivity index (χ4v) is 2.64. The number of ether oxygens (including phenoxy) is 1. The second-order valence-corrected chi connectivity index (χ2v) is 8.54. The van der Waals surface area contributed by atoms with Gasteiger partial charge in [0, 0.05) is 12.5 Å². The van der Waals surface area contributed by atoms with Gasteiger partial charge in [-0.1, -0.05) is 61.8 Å². The first-order valence-electron chi connectivity index (χ1n) is 9.38. The summed E-state index contributed by atoms with van der Waals surface area (Å²) in [4.78, 5) is 9.92. The highest BCUT2D eigenvalue weighted by Crippen LogP contribution is 2.54. The average molecular weight is 328 g/mol. The Morgan fingerprint density at radius 2 is 1.52 bits per heavy atom. The molecule has 0 spiro atoms. The van der Waals surface area contributed by atoms with Crippen LogP contribution in [0.15, 0.2) is 0 Å². The number of rotatable bonds is 4. The summed E-state index contributed by atoms with van der Waals surface area (Å²) in [5.74, 6) is 1.44. The van der Waals surface area contributed by atoms with E-state index in [1.807, 2.05) is 0 Å². The molecule has 0 aromatic carbocycles. The number of primary amides is 1. The van der Waals surface area contributed by atoms with Crippen LogP contribution in [0, 0.1) is 28.6 Å². The minimum absolute atomic E-state index is 0.00926. The number of hydrogen-bond acceptors (Lipinski definition) is 2.